The normalized spacial score (nSPS) is 18.0. The zero-order valence-electron chi connectivity index (χ0n) is 9.25. The zero-order valence-corrected chi connectivity index (χ0v) is 9.25. The molecule has 0 radical (unpaired) electrons. The molecule has 1 aliphatic rings. The van der Waals surface area contributed by atoms with Crippen molar-refractivity contribution in [2.24, 2.45) is 0 Å². The molecule has 0 amide bonds. The van der Waals surface area contributed by atoms with Gasteiger partial charge in [-0.25, -0.2) is 0 Å². The second-order valence-electron chi connectivity index (χ2n) is 4.06. The maximum Gasteiger partial charge on any atom is 0.131 e. The Morgan fingerprint density at radius 3 is 2.67 bits per heavy atom. The average Bonchev–Trinajstić information content (AvgIpc) is 2.16. The van der Waals surface area contributed by atoms with E-state index in [4.69, 9.17) is 9.47 Å². The summed E-state index contributed by atoms with van der Waals surface area (Å²) in [6, 6.07) is 7.80. The quantitative estimate of drug-likeness (QED) is 0.817. The van der Waals surface area contributed by atoms with E-state index < -0.39 is 0 Å². The van der Waals surface area contributed by atoms with Gasteiger partial charge in [-0.2, -0.15) is 0 Å². The molecule has 0 unspecified atom stereocenters. The SMILES string of the molecule is CCOc1cccc(OC2(C)CNC2)c1. The lowest BCUT2D eigenvalue weighted by Crippen LogP contribution is -2.60. The molecule has 1 saturated heterocycles. The summed E-state index contributed by atoms with van der Waals surface area (Å²) in [4.78, 5) is 0. The summed E-state index contributed by atoms with van der Waals surface area (Å²) in [5.74, 6) is 1.75. The van der Waals surface area contributed by atoms with E-state index in [2.05, 4.69) is 12.2 Å². The average molecular weight is 207 g/mol. The standard InChI is InChI=1S/C12H17NO2/c1-3-14-10-5-4-6-11(7-10)15-12(2)8-13-9-12/h4-7,13H,3,8-9H2,1-2H3. The molecule has 82 valence electrons. The van der Waals surface area contributed by atoms with Crippen molar-refractivity contribution in [3.8, 4) is 11.5 Å². The first-order valence-electron chi connectivity index (χ1n) is 5.34. The van der Waals surface area contributed by atoms with Gasteiger partial charge in [0, 0.05) is 19.2 Å². The van der Waals surface area contributed by atoms with E-state index in [-0.39, 0.29) is 5.60 Å². The van der Waals surface area contributed by atoms with Crippen molar-refractivity contribution in [1.29, 1.82) is 0 Å². The van der Waals surface area contributed by atoms with Crippen LogP contribution in [0, 0.1) is 0 Å². The van der Waals surface area contributed by atoms with Crippen LogP contribution < -0.4 is 14.8 Å². The lowest BCUT2D eigenvalue weighted by molar-refractivity contribution is 0.0347. The minimum atomic E-state index is -0.0508. The Balaban J connectivity index is 2.04. The summed E-state index contributed by atoms with van der Waals surface area (Å²) in [5, 5.41) is 3.21. The third-order valence-electron chi connectivity index (χ3n) is 2.48. The molecule has 15 heavy (non-hydrogen) atoms. The van der Waals surface area contributed by atoms with Crippen LogP contribution in [-0.4, -0.2) is 25.3 Å². The lowest BCUT2D eigenvalue weighted by Gasteiger charge is -2.39. The predicted molar refractivity (Wildman–Crippen MR) is 59.5 cm³/mol. The number of benzene rings is 1. The van der Waals surface area contributed by atoms with Gasteiger partial charge in [0.15, 0.2) is 0 Å². The van der Waals surface area contributed by atoms with E-state index in [1.54, 1.807) is 0 Å². The number of hydrogen-bond donors (Lipinski definition) is 1. The molecule has 0 spiro atoms. The molecule has 1 aliphatic heterocycles. The van der Waals surface area contributed by atoms with Gasteiger partial charge in [0.1, 0.15) is 17.1 Å². The molecule has 1 aromatic rings. The number of rotatable bonds is 4. The van der Waals surface area contributed by atoms with Crippen molar-refractivity contribution in [2.45, 2.75) is 19.4 Å². The van der Waals surface area contributed by atoms with E-state index in [9.17, 15) is 0 Å². The lowest BCUT2D eigenvalue weighted by atomic mass is 10.00. The molecule has 2 rings (SSSR count). The predicted octanol–water partition coefficient (Wildman–Crippen LogP) is 1.83. The van der Waals surface area contributed by atoms with Crippen LogP contribution in [0.1, 0.15) is 13.8 Å². The monoisotopic (exact) mass is 207 g/mol. The van der Waals surface area contributed by atoms with Gasteiger partial charge in [0.05, 0.1) is 6.61 Å². The maximum absolute atomic E-state index is 5.88. The van der Waals surface area contributed by atoms with Crippen LogP contribution in [0.3, 0.4) is 0 Å². The first kappa shape index (κ1) is 10.3. The molecule has 0 saturated carbocycles. The van der Waals surface area contributed by atoms with Gasteiger partial charge in [-0.05, 0) is 26.0 Å². The van der Waals surface area contributed by atoms with Crippen molar-refractivity contribution in [1.82, 2.24) is 5.32 Å². The van der Waals surface area contributed by atoms with Crippen LogP contribution in [0.2, 0.25) is 0 Å². The Kier molecular flexibility index (Phi) is 2.82. The van der Waals surface area contributed by atoms with Crippen LogP contribution in [0.5, 0.6) is 11.5 Å². The van der Waals surface area contributed by atoms with Crippen LogP contribution in [0.25, 0.3) is 0 Å². The van der Waals surface area contributed by atoms with Gasteiger partial charge in [0.2, 0.25) is 0 Å². The maximum atomic E-state index is 5.88. The number of hydrogen-bond acceptors (Lipinski definition) is 3. The summed E-state index contributed by atoms with van der Waals surface area (Å²) in [7, 11) is 0. The molecule has 0 bridgehead atoms. The topological polar surface area (TPSA) is 30.5 Å². The summed E-state index contributed by atoms with van der Waals surface area (Å²) in [6.45, 7) is 6.58. The van der Waals surface area contributed by atoms with Crippen LogP contribution in [-0.2, 0) is 0 Å². The first-order chi connectivity index (χ1) is 7.22. The highest BCUT2D eigenvalue weighted by Crippen LogP contribution is 2.25. The van der Waals surface area contributed by atoms with Gasteiger partial charge >= 0.3 is 0 Å². The fourth-order valence-electron chi connectivity index (χ4n) is 1.63. The number of ether oxygens (including phenoxy) is 2. The van der Waals surface area contributed by atoms with Crippen molar-refractivity contribution in [2.75, 3.05) is 19.7 Å². The fraction of sp³-hybridized carbons (Fsp3) is 0.500. The van der Waals surface area contributed by atoms with E-state index >= 15 is 0 Å². The molecule has 0 aliphatic carbocycles. The van der Waals surface area contributed by atoms with Crippen LogP contribution in [0.15, 0.2) is 24.3 Å². The Labute approximate surface area is 90.4 Å². The van der Waals surface area contributed by atoms with Gasteiger partial charge in [-0.3, -0.25) is 0 Å². The fourth-order valence-corrected chi connectivity index (χ4v) is 1.63. The Morgan fingerprint density at radius 2 is 2.07 bits per heavy atom. The van der Waals surface area contributed by atoms with Crippen LogP contribution in [0.4, 0.5) is 0 Å². The first-order valence-corrected chi connectivity index (χ1v) is 5.34. The summed E-state index contributed by atoms with van der Waals surface area (Å²) in [6.07, 6.45) is 0. The summed E-state index contributed by atoms with van der Waals surface area (Å²) >= 11 is 0. The third-order valence-corrected chi connectivity index (χ3v) is 2.48. The van der Waals surface area contributed by atoms with E-state index in [0.29, 0.717) is 6.61 Å². The third kappa shape index (κ3) is 2.42. The van der Waals surface area contributed by atoms with Gasteiger partial charge in [-0.1, -0.05) is 6.07 Å². The summed E-state index contributed by atoms with van der Waals surface area (Å²) < 4.78 is 11.3. The molecule has 3 nitrogen and oxygen atoms in total. The molecule has 1 heterocycles. The van der Waals surface area contributed by atoms with E-state index in [1.165, 1.54) is 0 Å². The van der Waals surface area contributed by atoms with Gasteiger partial charge in [-0.15, -0.1) is 0 Å². The molecule has 1 aromatic carbocycles. The van der Waals surface area contributed by atoms with E-state index in [0.717, 1.165) is 24.6 Å². The van der Waals surface area contributed by atoms with Crippen molar-refractivity contribution in [3.05, 3.63) is 24.3 Å². The van der Waals surface area contributed by atoms with Crippen molar-refractivity contribution < 1.29 is 9.47 Å². The minimum absolute atomic E-state index is 0.0508. The highest BCUT2D eigenvalue weighted by molar-refractivity contribution is 5.33. The highest BCUT2D eigenvalue weighted by Gasteiger charge is 2.33. The molecule has 0 aromatic heterocycles. The van der Waals surface area contributed by atoms with Crippen molar-refractivity contribution >= 4 is 0 Å². The molecule has 1 N–H and O–H groups in total. The Hall–Kier alpha value is -1.22. The molecule has 0 atom stereocenters. The minimum Gasteiger partial charge on any atom is -0.494 e. The smallest absolute Gasteiger partial charge is 0.131 e. The van der Waals surface area contributed by atoms with Crippen molar-refractivity contribution in [3.63, 3.8) is 0 Å². The second kappa shape index (κ2) is 4.11. The molecular formula is C12H17NO2. The van der Waals surface area contributed by atoms with Gasteiger partial charge < -0.3 is 14.8 Å². The highest BCUT2D eigenvalue weighted by atomic mass is 16.5. The van der Waals surface area contributed by atoms with E-state index in [1.807, 2.05) is 31.2 Å². The number of nitrogens with one attached hydrogen (secondary N) is 1. The zero-order chi connectivity index (χ0) is 10.7. The Bertz CT molecular complexity index is 334. The van der Waals surface area contributed by atoms with Crippen LogP contribution >= 0.6 is 0 Å². The largest absolute Gasteiger partial charge is 0.494 e. The Morgan fingerprint density at radius 1 is 1.33 bits per heavy atom. The summed E-state index contributed by atoms with van der Waals surface area (Å²) in [5.41, 5.74) is -0.0508. The molecule has 1 fully saturated rings. The second-order valence-corrected chi connectivity index (χ2v) is 4.06. The molecular weight excluding hydrogens is 190 g/mol. The van der Waals surface area contributed by atoms with Gasteiger partial charge in [0.25, 0.3) is 0 Å². The molecule has 3 heteroatoms.